The van der Waals surface area contributed by atoms with Crippen LogP contribution in [-0.2, 0) is 21.4 Å². The Bertz CT molecular complexity index is 1120. The maximum Gasteiger partial charge on any atom is 0.233 e. The van der Waals surface area contributed by atoms with Crippen LogP contribution < -0.4 is 0 Å². The molecule has 0 spiro atoms. The smallest absolute Gasteiger partial charge is 0.233 e. The first-order chi connectivity index (χ1) is 16.2. The van der Waals surface area contributed by atoms with Crippen molar-refractivity contribution in [1.82, 2.24) is 9.88 Å². The van der Waals surface area contributed by atoms with E-state index in [4.69, 9.17) is 4.74 Å². The van der Waals surface area contributed by atoms with Gasteiger partial charge in [0.05, 0.1) is 5.41 Å². The summed E-state index contributed by atoms with van der Waals surface area (Å²) in [5.41, 5.74) is 2.09. The van der Waals surface area contributed by atoms with Gasteiger partial charge in [-0.05, 0) is 67.4 Å². The summed E-state index contributed by atoms with van der Waals surface area (Å²) in [6.07, 6.45) is 11.1. The number of piperidine rings is 1. The Balaban J connectivity index is 1.24. The number of amides is 1. The second-order valence-electron chi connectivity index (χ2n) is 10.2. The van der Waals surface area contributed by atoms with E-state index >= 15 is 0 Å². The van der Waals surface area contributed by atoms with Gasteiger partial charge in [0.1, 0.15) is 0 Å². The number of aromatic nitrogens is 1. The lowest BCUT2D eigenvalue weighted by Gasteiger charge is -2.46. The number of fused-ring (bicyclic) bond motifs is 3. The SMILES string of the molecule is O=C(N1C2CCC1CC(Cc1cncc3ccccc13)C2)C1(c2ccccc2)CCOCC1. The maximum atomic E-state index is 14.2. The Kier molecular flexibility index (Phi) is 5.41. The Morgan fingerprint density at radius 1 is 0.939 bits per heavy atom. The summed E-state index contributed by atoms with van der Waals surface area (Å²) in [5.74, 6) is 0.969. The summed E-state index contributed by atoms with van der Waals surface area (Å²) in [5, 5.41) is 2.54. The molecule has 4 nitrogen and oxygen atoms in total. The lowest BCUT2D eigenvalue weighted by molar-refractivity contribution is -0.146. The van der Waals surface area contributed by atoms with Crippen molar-refractivity contribution in [2.75, 3.05) is 13.2 Å². The van der Waals surface area contributed by atoms with Gasteiger partial charge in [-0.3, -0.25) is 9.78 Å². The molecule has 3 fully saturated rings. The van der Waals surface area contributed by atoms with Gasteiger partial charge in [-0.2, -0.15) is 0 Å². The largest absolute Gasteiger partial charge is 0.381 e. The van der Waals surface area contributed by atoms with Crippen LogP contribution in [0, 0.1) is 5.92 Å². The van der Waals surface area contributed by atoms with Gasteiger partial charge in [0.25, 0.3) is 0 Å². The number of hydrogen-bond acceptors (Lipinski definition) is 3. The number of pyridine rings is 1. The monoisotopic (exact) mass is 440 g/mol. The molecule has 170 valence electrons. The van der Waals surface area contributed by atoms with Crippen LogP contribution in [0.2, 0.25) is 0 Å². The topological polar surface area (TPSA) is 42.4 Å². The second-order valence-corrected chi connectivity index (χ2v) is 10.2. The molecular weight excluding hydrogens is 408 g/mol. The van der Waals surface area contributed by atoms with Crippen LogP contribution >= 0.6 is 0 Å². The third-order valence-electron chi connectivity index (χ3n) is 8.41. The van der Waals surface area contributed by atoms with Crippen molar-refractivity contribution in [3.05, 3.63) is 78.1 Å². The summed E-state index contributed by atoms with van der Waals surface area (Å²) in [6, 6.07) is 19.8. The standard InChI is InChI=1S/C29H32N2O2/c32-28(29(12-14-33-15-13-29)24-7-2-1-3-8-24)31-25-10-11-26(31)18-21(17-25)16-23-20-30-19-22-6-4-5-9-27(22)23/h1-9,19-21,25-26H,10-18H2. The van der Waals surface area contributed by atoms with Gasteiger partial charge in [-0.15, -0.1) is 0 Å². The quantitative estimate of drug-likeness (QED) is 0.553. The first kappa shape index (κ1) is 20.9. The van der Waals surface area contributed by atoms with Crippen LogP contribution in [0.1, 0.15) is 49.7 Å². The zero-order chi connectivity index (χ0) is 22.3. The predicted molar refractivity (Wildman–Crippen MR) is 130 cm³/mol. The average molecular weight is 441 g/mol. The van der Waals surface area contributed by atoms with Crippen molar-refractivity contribution in [3.8, 4) is 0 Å². The Morgan fingerprint density at radius 2 is 1.64 bits per heavy atom. The van der Waals surface area contributed by atoms with Gasteiger partial charge in [-0.25, -0.2) is 0 Å². The molecule has 0 N–H and O–H groups in total. The van der Waals surface area contributed by atoms with Crippen molar-refractivity contribution in [1.29, 1.82) is 0 Å². The van der Waals surface area contributed by atoms with Gasteiger partial charge in [0.2, 0.25) is 5.91 Å². The molecule has 2 atom stereocenters. The summed E-state index contributed by atoms with van der Waals surface area (Å²) in [6.45, 7) is 1.33. The van der Waals surface area contributed by atoms with Crippen LogP contribution in [-0.4, -0.2) is 41.1 Å². The lowest BCUT2D eigenvalue weighted by atomic mass is 9.72. The molecule has 2 bridgehead atoms. The molecule has 6 rings (SSSR count). The molecule has 3 aliphatic heterocycles. The maximum absolute atomic E-state index is 14.2. The molecule has 33 heavy (non-hydrogen) atoms. The van der Waals surface area contributed by atoms with E-state index in [2.05, 4.69) is 58.4 Å². The normalized spacial score (nSPS) is 26.4. The zero-order valence-corrected chi connectivity index (χ0v) is 19.2. The third kappa shape index (κ3) is 3.65. The minimum absolute atomic E-state index is 0.356. The molecular formula is C29H32N2O2. The molecule has 4 heteroatoms. The Morgan fingerprint density at radius 3 is 2.39 bits per heavy atom. The fourth-order valence-corrected chi connectivity index (χ4v) is 6.79. The Hall–Kier alpha value is -2.72. The zero-order valence-electron chi connectivity index (χ0n) is 19.2. The van der Waals surface area contributed by atoms with Gasteiger partial charge in [0, 0.05) is 43.1 Å². The van der Waals surface area contributed by atoms with Crippen molar-refractivity contribution < 1.29 is 9.53 Å². The summed E-state index contributed by atoms with van der Waals surface area (Å²) in [4.78, 5) is 21.1. The van der Waals surface area contributed by atoms with Crippen LogP contribution in [0.4, 0.5) is 0 Å². The van der Waals surface area contributed by atoms with E-state index in [9.17, 15) is 4.79 Å². The first-order valence-corrected chi connectivity index (χ1v) is 12.5. The third-order valence-corrected chi connectivity index (χ3v) is 8.41. The molecule has 3 aliphatic rings. The minimum Gasteiger partial charge on any atom is -0.381 e. The molecule has 3 aromatic rings. The number of nitrogens with zero attached hydrogens (tertiary/aromatic N) is 2. The van der Waals surface area contributed by atoms with Gasteiger partial charge in [-0.1, -0.05) is 54.6 Å². The van der Waals surface area contributed by atoms with Crippen LogP contribution in [0.5, 0.6) is 0 Å². The highest BCUT2D eigenvalue weighted by molar-refractivity contribution is 5.89. The highest BCUT2D eigenvalue weighted by Gasteiger charge is 2.51. The molecule has 1 amide bonds. The van der Waals surface area contributed by atoms with E-state index in [1.807, 2.05) is 18.5 Å². The molecule has 0 saturated carbocycles. The number of benzene rings is 2. The number of carbonyl (C=O) groups is 1. The number of ether oxygens (including phenoxy) is 1. The van der Waals surface area contributed by atoms with Crippen molar-refractivity contribution in [2.24, 2.45) is 5.92 Å². The summed E-state index contributed by atoms with van der Waals surface area (Å²) >= 11 is 0. The van der Waals surface area contributed by atoms with E-state index in [1.165, 1.54) is 21.9 Å². The van der Waals surface area contributed by atoms with E-state index in [0.717, 1.165) is 44.9 Å². The molecule has 2 unspecified atom stereocenters. The highest BCUT2D eigenvalue weighted by Crippen LogP contribution is 2.45. The van der Waals surface area contributed by atoms with Crippen molar-refractivity contribution >= 4 is 16.7 Å². The van der Waals surface area contributed by atoms with Gasteiger partial charge >= 0.3 is 0 Å². The lowest BCUT2D eigenvalue weighted by Crippen LogP contribution is -2.56. The number of rotatable bonds is 4. The van der Waals surface area contributed by atoms with E-state index in [1.54, 1.807) is 0 Å². The summed E-state index contributed by atoms with van der Waals surface area (Å²) in [7, 11) is 0. The highest BCUT2D eigenvalue weighted by atomic mass is 16.5. The van der Waals surface area contributed by atoms with E-state index < -0.39 is 5.41 Å². The van der Waals surface area contributed by atoms with Crippen LogP contribution in [0.3, 0.4) is 0 Å². The fourth-order valence-electron chi connectivity index (χ4n) is 6.79. The minimum atomic E-state index is -0.424. The average Bonchev–Trinajstić information content (AvgIpc) is 3.14. The van der Waals surface area contributed by atoms with Crippen LogP contribution in [0.15, 0.2) is 67.0 Å². The van der Waals surface area contributed by atoms with Crippen molar-refractivity contribution in [2.45, 2.75) is 62.4 Å². The molecule has 0 radical (unpaired) electrons. The molecule has 4 heterocycles. The molecule has 0 aliphatic carbocycles. The Labute approximate surface area is 196 Å². The van der Waals surface area contributed by atoms with Crippen LogP contribution in [0.25, 0.3) is 10.8 Å². The van der Waals surface area contributed by atoms with Crippen molar-refractivity contribution in [3.63, 3.8) is 0 Å². The molecule has 3 saturated heterocycles. The predicted octanol–water partition coefficient (Wildman–Crippen LogP) is 5.30. The molecule has 1 aromatic heterocycles. The van der Waals surface area contributed by atoms with Gasteiger partial charge < -0.3 is 9.64 Å². The van der Waals surface area contributed by atoms with Gasteiger partial charge in [0.15, 0.2) is 0 Å². The number of carbonyl (C=O) groups excluding carboxylic acids is 1. The molecule has 2 aromatic carbocycles. The summed E-state index contributed by atoms with van der Waals surface area (Å²) < 4.78 is 5.69. The first-order valence-electron chi connectivity index (χ1n) is 12.5. The second kappa shape index (κ2) is 8.57. The van der Waals surface area contributed by atoms with E-state index in [-0.39, 0.29) is 0 Å². The fraction of sp³-hybridized carbons (Fsp3) is 0.448. The number of hydrogen-bond donors (Lipinski definition) is 0. The van der Waals surface area contributed by atoms with E-state index in [0.29, 0.717) is 37.1 Å².